The second-order valence-corrected chi connectivity index (χ2v) is 7.63. The van der Waals surface area contributed by atoms with E-state index in [1.807, 2.05) is 11.3 Å². The Morgan fingerprint density at radius 3 is 2.00 bits per heavy atom. The van der Waals surface area contributed by atoms with Crippen molar-refractivity contribution >= 4 is 11.3 Å². The molecule has 2 heteroatoms. The van der Waals surface area contributed by atoms with E-state index in [2.05, 4.69) is 38.2 Å². The van der Waals surface area contributed by atoms with E-state index in [4.69, 9.17) is 0 Å². The van der Waals surface area contributed by atoms with Gasteiger partial charge >= 0.3 is 0 Å². The molecule has 0 saturated heterocycles. The van der Waals surface area contributed by atoms with Gasteiger partial charge in [0, 0.05) is 15.8 Å². The quantitative estimate of drug-likeness (QED) is 0.403. The van der Waals surface area contributed by atoms with Crippen molar-refractivity contribution in [1.82, 2.24) is 5.32 Å². The van der Waals surface area contributed by atoms with Gasteiger partial charge in [-0.15, -0.1) is 11.3 Å². The summed E-state index contributed by atoms with van der Waals surface area (Å²) in [5, 5.41) is 3.65. The highest BCUT2D eigenvalue weighted by atomic mass is 32.1. The third-order valence-electron chi connectivity index (χ3n) is 4.17. The van der Waals surface area contributed by atoms with Gasteiger partial charge in [0.2, 0.25) is 0 Å². The number of thiophene rings is 1. The number of hydrogen-bond donors (Lipinski definition) is 1. The van der Waals surface area contributed by atoms with Crippen LogP contribution >= 0.6 is 11.3 Å². The first-order valence-electron chi connectivity index (χ1n) is 9.03. The van der Waals surface area contributed by atoms with Crippen LogP contribution in [0.2, 0.25) is 0 Å². The molecule has 0 spiro atoms. The van der Waals surface area contributed by atoms with E-state index in [9.17, 15) is 0 Å². The van der Waals surface area contributed by atoms with E-state index in [1.54, 1.807) is 0 Å². The van der Waals surface area contributed by atoms with E-state index in [0.717, 1.165) is 6.54 Å². The van der Waals surface area contributed by atoms with Gasteiger partial charge in [0.1, 0.15) is 0 Å². The van der Waals surface area contributed by atoms with E-state index in [1.165, 1.54) is 74.0 Å². The van der Waals surface area contributed by atoms with Crippen LogP contribution in [0.4, 0.5) is 0 Å². The summed E-state index contributed by atoms with van der Waals surface area (Å²) in [4.78, 5) is 2.89. The normalized spacial score (nSPS) is 12.7. The molecule has 1 unspecified atom stereocenters. The zero-order chi connectivity index (χ0) is 15.3. The van der Waals surface area contributed by atoms with Crippen LogP contribution in [0.3, 0.4) is 0 Å². The van der Waals surface area contributed by atoms with Crippen molar-refractivity contribution < 1.29 is 0 Å². The zero-order valence-corrected chi connectivity index (χ0v) is 15.2. The fraction of sp³-hybridized carbons (Fsp3) is 0.789. The van der Waals surface area contributed by atoms with Crippen molar-refractivity contribution in [3.63, 3.8) is 0 Å². The molecule has 0 radical (unpaired) electrons. The molecule has 0 aromatic carbocycles. The van der Waals surface area contributed by atoms with Gasteiger partial charge in [-0.2, -0.15) is 0 Å². The Hall–Kier alpha value is -0.340. The van der Waals surface area contributed by atoms with Crippen LogP contribution in [-0.4, -0.2) is 6.54 Å². The highest BCUT2D eigenvalue weighted by molar-refractivity contribution is 7.12. The molecule has 21 heavy (non-hydrogen) atoms. The predicted molar refractivity (Wildman–Crippen MR) is 97.3 cm³/mol. The van der Waals surface area contributed by atoms with Crippen LogP contribution < -0.4 is 5.32 Å². The van der Waals surface area contributed by atoms with E-state index in [0.29, 0.717) is 6.04 Å². The van der Waals surface area contributed by atoms with Gasteiger partial charge in [0.25, 0.3) is 0 Å². The summed E-state index contributed by atoms with van der Waals surface area (Å²) in [5.41, 5.74) is 0. The lowest BCUT2D eigenvalue weighted by atomic mass is 10.1. The molecule has 0 amide bonds. The van der Waals surface area contributed by atoms with E-state index >= 15 is 0 Å². The molecule has 0 aliphatic rings. The number of hydrogen-bond acceptors (Lipinski definition) is 2. The Balaban J connectivity index is 1.86. The lowest BCUT2D eigenvalue weighted by Crippen LogP contribution is -2.18. The van der Waals surface area contributed by atoms with Gasteiger partial charge < -0.3 is 5.32 Å². The highest BCUT2D eigenvalue weighted by Crippen LogP contribution is 2.22. The minimum Gasteiger partial charge on any atom is -0.309 e. The molecule has 1 N–H and O–H groups in total. The molecule has 1 heterocycles. The minimum atomic E-state index is 0.516. The largest absolute Gasteiger partial charge is 0.309 e. The average molecular weight is 310 g/mol. The molecule has 1 rings (SSSR count). The molecular formula is C19H35NS. The number of aryl methyl sites for hydroxylation is 1. The Labute approximate surface area is 136 Å². The Bertz CT molecular complexity index is 345. The Kier molecular flexibility index (Phi) is 10.9. The molecule has 0 fully saturated rings. The van der Waals surface area contributed by atoms with Crippen molar-refractivity contribution in [2.75, 3.05) is 6.54 Å². The van der Waals surface area contributed by atoms with Crippen LogP contribution in [0.25, 0.3) is 0 Å². The molecule has 0 aliphatic carbocycles. The summed E-state index contributed by atoms with van der Waals surface area (Å²) in [6.07, 6.45) is 14.1. The maximum atomic E-state index is 3.65. The molecular weight excluding hydrogens is 274 g/mol. The number of nitrogens with one attached hydrogen (secondary N) is 1. The molecule has 1 aromatic heterocycles. The second-order valence-electron chi connectivity index (χ2n) is 6.31. The summed E-state index contributed by atoms with van der Waals surface area (Å²) < 4.78 is 0. The van der Waals surface area contributed by atoms with Crippen molar-refractivity contribution in [2.24, 2.45) is 0 Å². The maximum Gasteiger partial charge on any atom is 0.0386 e. The van der Waals surface area contributed by atoms with Crippen molar-refractivity contribution in [1.29, 1.82) is 0 Å². The van der Waals surface area contributed by atoms with Gasteiger partial charge in [0.15, 0.2) is 0 Å². The molecule has 1 atom stereocenters. The van der Waals surface area contributed by atoms with E-state index < -0.39 is 0 Å². The lowest BCUT2D eigenvalue weighted by Gasteiger charge is -2.11. The third kappa shape index (κ3) is 9.31. The summed E-state index contributed by atoms with van der Waals surface area (Å²) in [5.74, 6) is 0. The SMILES string of the molecule is CCCCCCCCCCCCNC(C)c1ccc(C)s1. The zero-order valence-electron chi connectivity index (χ0n) is 14.4. The molecule has 0 saturated carbocycles. The smallest absolute Gasteiger partial charge is 0.0386 e. The fourth-order valence-electron chi connectivity index (χ4n) is 2.72. The first kappa shape index (κ1) is 18.7. The number of rotatable bonds is 13. The molecule has 0 bridgehead atoms. The Morgan fingerprint density at radius 2 is 1.48 bits per heavy atom. The van der Waals surface area contributed by atoms with Crippen LogP contribution in [0.15, 0.2) is 12.1 Å². The van der Waals surface area contributed by atoms with Gasteiger partial charge in [-0.1, -0.05) is 64.7 Å². The van der Waals surface area contributed by atoms with Gasteiger partial charge in [-0.25, -0.2) is 0 Å². The molecule has 0 aliphatic heterocycles. The third-order valence-corrected chi connectivity index (χ3v) is 5.35. The summed E-state index contributed by atoms with van der Waals surface area (Å²) in [7, 11) is 0. The minimum absolute atomic E-state index is 0.516. The second kappa shape index (κ2) is 12.2. The van der Waals surface area contributed by atoms with E-state index in [-0.39, 0.29) is 0 Å². The predicted octanol–water partition coefficient (Wildman–Crippen LogP) is 6.63. The van der Waals surface area contributed by atoms with Crippen molar-refractivity contribution in [3.05, 3.63) is 21.9 Å². The van der Waals surface area contributed by atoms with Gasteiger partial charge in [-0.3, -0.25) is 0 Å². The summed E-state index contributed by atoms with van der Waals surface area (Å²) >= 11 is 1.92. The maximum absolute atomic E-state index is 3.65. The molecule has 122 valence electrons. The van der Waals surface area contributed by atoms with Crippen LogP contribution in [0.5, 0.6) is 0 Å². The summed E-state index contributed by atoms with van der Waals surface area (Å²) in [6.45, 7) is 7.91. The summed E-state index contributed by atoms with van der Waals surface area (Å²) in [6, 6.07) is 5.00. The average Bonchev–Trinajstić information content (AvgIpc) is 2.91. The topological polar surface area (TPSA) is 12.0 Å². The van der Waals surface area contributed by atoms with Gasteiger partial charge in [0.05, 0.1) is 0 Å². The van der Waals surface area contributed by atoms with Crippen LogP contribution in [0.1, 0.15) is 93.9 Å². The van der Waals surface area contributed by atoms with Gasteiger partial charge in [-0.05, 0) is 38.9 Å². The lowest BCUT2D eigenvalue weighted by molar-refractivity contribution is 0.521. The highest BCUT2D eigenvalue weighted by Gasteiger charge is 2.05. The fourth-order valence-corrected chi connectivity index (χ4v) is 3.62. The monoisotopic (exact) mass is 309 g/mol. The van der Waals surface area contributed by atoms with Crippen molar-refractivity contribution in [2.45, 2.75) is 91.0 Å². The van der Waals surface area contributed by atoms with Crippen LogP contribution in [0, 0.1) is 6.92 Å². The van der Waals surface area contributed by atoms with Crippen molar-refractivity contribution in [3.8, 4) is 0 Å². The Morgan fingerprint density at radius 1 is 0.905 bits per heavy atom. The molecule has 1 aromatic rings. The number of unbranched alkanes of at least 4 members (excludes halogenated alkanes) is 9. The van der Waals surface area contributed by atoms with Crippen LogP contribution in [-0.2, 0) is 0 Å². The first-order chi connectivity index (χ1) is 10.2. The first-order valence-corrected chi connectivity index (χ1v) is 9.85. The standard InChI is InChI=1S/C19H35NS/c1-4-5-6-7-8-9-10-11-12-13-16-20-18(3)19-15-14-17(2)21-19/h14-15,18,20H,4-13,16H2,1-3H3. The molecule has 1 nitrogen and oxygen atoms in total.